The molecule has 0 saturated heterocycles. The monoisotopic (exact) mass is 263 g/mol. The second-order valence-electron chi connectivity index (χ2n) is 6.31. The van der Waals surface area contributed by atoms with Crippen LogP contribution in [0.15, 0.2) is 6.20 Å². The molecule has 1 atom stereocenters. The molecule has 0 bridgehead atoms. The third kappa shape index (κ3) is 2.64. The molecule has 1 aliphatic heterocycles. The molecule has 1 saturated carbocycles. The number of aromatic nitrogens is 2. The van der Waals surface area contributed by atoms with Gasteiger partial charge in [-0.2, -0.15) is 0 Å². The predicted molar refractivity (Wildman–Crippen MR) is 76.6 cm³/mol. The summed E-state index contributed by atoms with van der Waals surface area (Å²) in [7, 11) is 1.77. The Bertz CT molecular complexity index is 437. The first kappa shape index (κ1) is 13.0. The van der Waals surface area contributed by atoms with Crippen molar-refractivity contribution in [2.75, 3.05) is 31.7 Å². The highest BCUT2D eigenvalue weighted by molar-refractivity contribution is 5.36. The molecule has 4 heteroatoms. The van der Waals surface area contributed by atoms with Crippen molar-refractivity contribution in [3.63, 3.8) is 0 Å². The fourth-order valence-corrected chi connectivity index (χ4v) is 3.02. The fourth-order valence-electron chi connectivity index (χ4n) is 3.02. The largest absolute Gasteiger partial charge is 0.383 e. The van der Waals surface area contributed by atoms with Crippen molar-refractivity contribution >= 4 is 5.95 Å². The summed E-state index contributed by atoms with van der Waals surface area (Å²) in [5.74, 6) is 3.40. The second kappa shape index (κ2) is 5.16. The minimum absolute atomic E-state index is 0.502. The van der Waals surface area contributed by atoms with E-state index in [1.165, 1.54) is 18.5 Å². The molecule has 106 valence electrons. The molecule has 1 aromatic heterocycles. The third-order valence-electron chi connectivity index (χ3n) is 4.39. The Balaban J connectivity index is 1.83. The summed E-state index contributed by atoms with van der Waals surface area (Å²) in [5, 5.41) is 0. The van der Waals surface area contributed by atoms with Gasteiger partial charge in [0.1, 0.15) is 0 Å². The van der Waals surface area contributed by atoms with Crippen LogP contribution >= 0.6 is 0 Å². The van der Waals surface area contributed by atoms with Gasteiger partial charge in [-0.1, -0.05) is 13.8 Å². The van der Waals surface area contributed by atoms with E-state index in [0.29, 0.717) is 5.92 Å². The van der Waals surface area contributed by atoms with Crippen LogP contribution in [0.3, 0.4) is 0 Å². The van der Waals surface area contributed by atoms with Crippen LogP contribution in [-0.4, -0.2) is 36.4 Å². The lowest BCUT2D eigenvalue weighted by Crippen LogP contribution is -2.40. The maximum Gasteiger partial charge on any atom is 0.205 e. The van der Waals surface area contributed by atoms with Gasteiger partial charge in [-0.25, -0.2) is 4.98 Å². The first-order valence-corrected chi connectivity index (χ1v) is 7.50. The van der Waals surface area contributed by atoms with Crippen molar-refractivity contribution in [2.45, 2.75) is 39.2 Å². The molecular weight excluding hydrogens is 238 g/mol. The van der Waals surface area contributed by atoms with Crippen molar-refractivity contribution < 1.29 is 4.74 Å². The molecule has 0 N–H and O–H groups in total. The van der Waals surface area contributed by atoms with Gasteiger partial charge in [0.2, 0.25) is 5.95 Å². The maximum atomic E-state index is 5.25. The average molecular weight is 263 g/mol. The van der Waals surface area contributed by atoms with Crippen LogP contribution in [-0.2, 0) is 11.3 Å². The SMILES string of the molecule is COCCN1CC(C2CC2)Cn2cc(C(C)C)nc21. The molecule has 19 heavy (non-hydrogen) atoms. The predicted octanol–water partition coefficient (Wildman–Crippen LogP) is 2.50. The summed E-state index contributed by atoms with van der Waals surface area (Å²) in [6.07, 6.45) is 5.10. The van der Waals surface area contributed by atoms with Gasteiger partial charge in [0.15, 0.2) is 0 Å². The van der Waals surface area contributed by atoms with Gasteiger partial charge < -0.3 is 14.2 Å². The number of rotatable bonds is 5. The molecule has 4 nitrogen and oxygen atoms in total. The lowest BCUT2D eigenvalue weighted by Gasteiger charge is -2.34. The van der Waals surface area contributed by atoms with Gasteiger partial charge in [0, 0.05) is 32.9 Å². The van der Waals surface area contributed by atoms with E-state index in [-0.39, 0.29) is 0 Å². The first-order valence-electron chi connectivity index (χ1n) is 7.50. The molecule has 3 rings (SSSR count). The van der Waals surface area contributed by atoms with Crippen LogP contribution in [0.4, 0.5) is 5.95 Å². The fraction of sp³-hybridized carbons (Fsp3) is 0.800. The zero-order valence-electron chi connectivity index (χ0n) is 12.3. The summed E-state index contributed by atoms with van der Waals surface area (Å²) in [6.45, 7) is 8.47. The molecular formula is C15H25N3O. The molecule has 1 aliphatic carbocycles. The van der Waals surface area contributed by atoms with Crippen LogP contribution in [0.25, 0.3) is 0 Å². The molecule has 2 aliphatic rings. The molecule has 1 aromatic rings. The molecule has 0 spiro atoms. The maximum absolute atomic E-state index is 5.25. The Kier molecular flexibility index (Phi) is 3.52. The Morgan fingerprint density at radius 1 is 1.32 bits per heavy atom. The van der Waals surface area contributed by atoms with Gasteiger partial charge in [-0.3, -0.25) is 0 Å². The van der Waals surface area contributed by atoms with Gasteiger partial charge >= 0.3 is 0 Å². The Labute approximate surface area is 115 Å². The number of methoxy groups -OCH3 is 1. The van der Waals surface area contributed by atoms with Crippen molar-refractivity contribution in [1.82, 2.24) is 9.55 Å². The Hall–Kier alpha value is -1.03. The standard InChI is InChI=1S/C15H25N3O/c1-11(2)14-10-18-9-13(12-4-5-12)8-17(6-7-19-3)15(18)16-14/h10-13H,4-9H2,1-3H3. The van der Waals surface area contributed by atoms with Gasteiger partial charge in [-0.05, 0) is 30.6 Å². The zero-order valence-corrected chi connectivity index (χ0v) is 12.3. The van der Waals surface area contributed by atoms with Gasteiger partial charge in [0.05, 0.1) is 12.3 Å². The first-order chi connectivity index (χ1) is 9.19. The highest BCUT2D eigenvalue weighted by atomic mass is 16.5. The highest BCUT2D eigenvalue weighted by Crippen LogP contribution is 2.41. The normalized spacial score (nSPS) is 22.9. The number of imidazole rings is 1. The number of fused-ring (bicyclic) bond motifs is 1. The number of hydrogen-bond donors (Lipinski definition) is 0. The van der Waals surface area contributed by atoms with Crippen molar-refractivity contribution in [1.29, 1.82) is 0 Å². The minimum Gasteiger partial charge on any atom is -0.383 e. The third-order valence-corrected chi connectivity index (χ3v) is 4.39. The van der Waals surface area contributed by atoms with Crippen LogP contribution in [0, 0.1) is 11.8 Å². The molecule has 1 fully saturated rings. The van der Waals surface area contributed by atoms with E-state index in [9.17, 15) is 0 Å². The van der Waals surface area contributed by atoms with Crippen LogP contribution in [0.1, 0.15) is 38.3 Å². The topological polar surface area (TPSA) is 30.3 Å². The lowest BCUT2D eigenvalue weighted by atomic mass is 10.0. The minimum atomic E-state index is 0.502. The number of hydrogen-bond acceptors (Lipinski definition) is 3. The van der Waals surface area contributed by atoms with Crippen molar-refractivity contribution in [2.24, 2.45) is 11.8 Å². The number of anilines is 1. The summed E-state index contributed by atoms with van der Waals surface area (Å²) >= 11 is 0. The van der Waals surface area contributed by atoms with Gasteiger partial charge in [-0.15, -0.1) is 0 Å². The molecule has 0 amide bonds. The molecule has 2 heterocycles. The van der Waals surface area contributed by atoms with Crippen LogP contribution < -0.4 is 4.90 Å². The molecule has 1 unspecified atom stereocenters. The Morgan fingerprint density at radius 2 is 2.11 bits per heavy atom. The van der Waals surface area contributed by atoms with E-state index >= 15 is 0 Å². The summed E-state index contributed by atoms with van der Waals surface area (Å²) in [5.41, 5.74) is 1.22. The van der Waals surface area contributed by atoms with E-state index < -0.39 is 0 Å². The molecule has 0 aromatic carbocycles. The van der Waals surface area contributed by atoms with E-state index in [2.05, 4.69) is 29.5 Å². The van der Waals surface area contributed by atoms with Crippen LogP contribution in [0.5, 0.6) is 0 Å². The van der Waals surface area contributed by atoms with Crippen LogP contribution in [0.2, 0.25) is 0 Å². The number of ether oxygens (including phenoxy) is 1. The van der Waals surface area contributed by atoms with E-state index in [1.54, 1.807) is 7.11 Å². The highest BCUT2D eigenvalue weighted by Gasteiger charge is 2.36. The average Bonchev–Trinajstić information content (AvgIpc) is 3.14. The summed E-state index contributed by atoms with van der Waals surface area (Å²) in [4.78, 5) is 7.25. The van der Waals surface area contributed by atoms with E-state index in [4.69, 9.17) is 9.72 Å². The summed E-state index contributed by atoms with van der Waals surface area (Å²) < 4.78 is 7.62. The zero-order chi connectivity index (χ0) is 13.4. The Morgan fingerprint density at radius 3 is 2.74 bits per heavy atom. The lowest BCUT2D eigenvalue weighted by molar-refractivity contribution is 0.200. The summed E-state index contributed by atoms with van der Waals surface area (Å²) in [6, 6.07) is 0. The quantitative estimate of drug-likeness (QED) is 0.817. The molecule has 0 radical (unpaired) electrons. The second-order valence-corrected chi connectivity index (χ2v) is 6.31. The van der Waals surface area contributed by atoms with Gasteiger partial charge in [0.25, 0.3) is 0 Å². The van der Waals surface area contributed by atoms with E-state index in [0.717, 1.165) is 44.0 Å². The van der Waals surface area contributed by atoms with Crippen molar-refractivity contribution in [3.8, 4) is 0 Å². The smallest absolute Gasteiger partial charge is 0.205 e. The number of nitrogens with zero attached hydrogens (tertiary/aromatic N) is 3. The van der Waals surface area contributed by atoms with E-state index in [1.807, 2.05) is 0 Å². The van der Waals surface area contributed by atoms with Crippen molar-refractivity contribution in [3.05, 3.63) is 11.9 Å².